The summed E-state index contributed by atoms with van der Waals surface area (Å²) in [6.45, 7) is 0.412. The number of halogens is 4. The molecule has 0 atom stereocenters. The summed E-state index contributed by atoms with van der Waals surface area (Å²) in [5.41, 5.74) is 4.26. The van der Waals surface area contributed by atoms with Gasteiger partial charge in [-0.15, -0.1) is 0 Å². The Morgan fingerprint density at radius 3 is 1.36 bits per heavy atom. The van der Waals surface area contributed by atoms with Crippen molar-refractivity contribution >= 4 is 21.8 Å². The van der Waals surface area contributed by atoms with Crippen LogP contribution in [0.1, 0.15) is 11.1 Å². The van der Waals surface area contributed by atoms with Crippen molar-refractivity contribution in [3.05, 3.63) is 132 Å². The fourth-order valence-corrected chi connectivity index (χ4v) is 4.70. The number of aromatic nitrogens is 2. The molecule has 0 aliphatic carbocycles. The average Bonchev–Trinajstić information content (AvgIpc) is 3.47. The van der Waals surface area contributed by atoms with Crippen LogP contribution in [0.15, 0.2) is 97.3 Å². The highest BCUT2D eigenvalue weighted by atomic mass is 19.1. The highest BCUT2D eigenvalue weighted by Crippen LogP contribution is 2.29. The first-order valence-corrected chi connectivity index (χ1v) is 11.5. The van der Waals surface area contributed by atoms with Crippen molar-refractivity contribution in [3.8, 4) is 11.1 Å². The van der Waals surface area contributed by atoms with Crippen molar-refractivity contribution < 1.29 is 17.6 Å². The molecule has 6 rings (SSSR count). The van der Waals surface area contributed by atoms with Crippen LogP contribution in [0.4, 0.5) is 17.6 Å². The van der Waals surface area contributed by atoms with E-state index < -0.39 is 23.3 Å². The molecule has 0 aliphatic rings. The van der Waals surface area contributed by atoms with Crippen LogP contribution in [0.25, 0.3) is 32.9 Å². The topological polar surface area (TPSA) is 9.86 Å². The standard InChI is InChI=1S/C30H20F4N2/c31-25-5-7-27(33)23(13-25)17-35-11-9-19-1-3-21(15-29(19)35)22-4-2-20-10-12-36(30(20)16-22)18-24-14-26(32)6-8-28(24)34/h1-16H,17-18H2. The smallest absolute Gasteiger partial charge is 0.128 e. The second-order valence-corrected chi connectivity index (χ2v) is 8.91. The van der Waals surface area contributed by atoms with Crippen LogP contribution in [-0.4, -0.2) is 9.13 Å². The monoisotopic (exact) mass is 484 g/mol. The van der Waals surface area contributed by atoms with Crippen molar-refractivity contribution in [1.29, 1.82) is 0 Å². The molecule has 0 saturated heterocycles. The predicted molar refractivity (Wildman–Crippen MR) is 134 cm³/mol. The highest BCUT2D eigenvalue weighted by Gasteiger charge is 2.11. The summed E-state index contributed by atoms with van der Waals surface area (Å²) < 4.78 is 59.6. The maximum absolute atomic E-state index is 14.2. The molecule has 6 heteroatoms. The largest absolute Gasteiger partial charge is 0.343 e. The molecule has 2 nitrogen and oxygen atoms in total. The third-order valence-electron chi connectivity index (χ3n) is 6.58. The summed E-state index contributed by atoms with van der Waals surface area (Å²) in [5.74, 6) is -1.85. The normalized spacial score (nSPS) is 11.6. The number of hydrogen-bond acceptors (Lipinski definition) is 0. The molecule has 2 aromatic heterocycles. The Morgan fingerprint density at radius 1 is 0.472 bits per heavy atom. The maximum Gasteiger partial charge on any atom is 0.128 e. The molecular weight excluding hydrogens is 464 g/mol. The van der Waals surface area contributed by atoms with Gasteiger partial charge in [0.15, 0.2) is 0 Å². The van der Waals surface area contributed by atoms with Crippen LogP contribution in [0.3, 0.4) is 0 Å². The van der Waals surface area contributed by atoms with E-state index in [1.54, 1.807) is 0 Å². The van der Waals surface area contributed by atoms with Crippen LogP contribution in [-0.2, 0) is 13.1 Å². The van der Waals surface area contributed by atoms with Crippen molar-refractivity contribution in [2.75, 3.05) is 0 Å². The summed E-state index contributed by atoms with van der Waals surface area (Å²) in [7, 11) is 0. The lowest BCUT2D eigenvalue weighted by Gasteiger charge is -2.10. The molecule has 0 unspecified atom stereocenters. The summed E-state index contributed by atoms with van der Waals surface area (Å²) in [6, 6.07) is 22.9. The molecule has 6 aromatic rings. The molecule has 0 fully saturated rings. The molecular formula is C30H20F4N2. The Kier molecular flexibility index (Phi) is 5.37. The molecule has 0 bridgehead atoms. The Balaban J connectivity index is 1.38. The minimum absolute atomic E-state index is 0.206. The van der Waals surface area contributed by atoms with Crippen molar-refractivity contribution in [2.45, 2.75) is 13.1 Å². The van der Waals surface area contributed by atoms with Crippen LogP contribution < -0.4 is 0 Å². The van der Waals surface area contributed by atoms with Gasteiger partial charge in [-0.2, -0.15) is 0 Å². The van der Waals surface area contributed by atoms with Crippen LogP contribution >= 0.6 is 0 Å². The first-order valence-electron chi connectivity index (χ1n) is 11.5. The van der Waals surface area contributed by atoms with Gasteiger partial charge in [0.25, 0.3) is 0 Å². The second kappa shape index (κ2) is 8.72. The molecule has 4 aromatic carbocycles. The predicted octanol–water partition coefficient (Wildman–Crippen LogP) is 7.92. The highest BCUT2D eigenvalue weighted by molar-refractivity contribution is 5.89. The van der Waals surface area contributed by atoms with Gasteiger partial charge in [0, 0.05) is 34.6 Å². The molecule has 2 heterocycles. The summed E-state index contributed by atoms with van der Waals surface area (Å²) in [4.78, 5) is 0. The molecule has 0 aliphatic heterocycles. The lowest BCUT2D eigenvalue weighted by atomic mass is 10.0. The molecule has 36 heavy (non-hydrogen) atoms. The molecule has 0 N–H and O–H groups in total. The van der Waals surface area contributed by atoms with Gasteiger partial charge in [0.05, 0.1) is 13.1 Å². The number of nitrogens with zero attached hydrogens (tertiary/aromatic N) is 2. The van der Waals surface area contributed by atoms with E-state index in [1.165, 1.54) is 12.1 Å². The van der Waals surface area contributed by atoms with Crippen LogP contribution in [0.5, 0.6) is 0 Å². The van der Waals surface area contributed by atoms with Gasteiger partial charge in [0.1, 0.15) is 23.3 Å². The average molecular weight is 484 g/mol. The molecule has 178 valence electrons. The Morgan fingerprint density at radius 2 is 0.917 bits per heavy atom. The van der Waals surface area contributed by atoms with Crippen molar-refractivity contribution in [3.63, 3.8) is 0 Å². The first-order chi connectivity index (χ1) is 17.4. The lowest BCUT2D eigenvalue weighted by Crippen LogP contribution is -2.01. The van der Waals surface area contributed by atoms with Gasteiger partial charge in [-0.05, 0) is 82.6 Å². The molecule has 0 radical (unpaired) electrons. The van der Waals surface area contributed by atoms with Gasteiger partial charge >= 0.3 is 0 Å². The van der Waals surface area contributed by atoms with E-state index in [4.69, 9.17) is 0 Å². The first kappa shape index (κ1) is 22.2. The Labute approximate surface area is 204 Å². The summed E-state index contributed by atoms with van der Waals surface area (Å²) in [6.07, 6.45) is 3.72. The van der Waals surface area contributed by atoms with Gasteiger partial charge in [-0.3, -0.25) is 0 Å². The van der Waals surface area contributed by atoms with E-state index in [2.05, 4.69) is 0 Å². The fraction of sp³-hybridized carbons (Fsp3) is 0.0667. The van der Waals surface area contributed by atoms with Crippen LogP contribution in [0, 0.1) is 23.3 Å². The van der Waals surface area contributed by atoms with Gasteiger partial charge in [-0.1, -0.05) is 24.3 Å². The number of rotatable bonds is 5. The van der Waals surface area contributed by atoms with Gasteiger partial charge in [-0.25, -0.2) is 17.6 Å². The lowest BCUT2D eigenvalue weighted by molar-refractivity contribution is 0.579. The SMILES string of the molecule is Fc1ccc(F)c(Cn2ccc3ccc(-c4ccc5ccn(Cc6cc(F)ccc6F)c5c4)cc32)c1. The Hall–Kier alpha value is -4.32. The van der Waals surface area contributed by atoms with E-state index >= 15 is 0 Å². The second-order valence-electron chi connectivity index (χ2n) is 8.91. The third-order valence-corrected chi connectivity index (χ3v) is 6.58. The summed E-state index contributed by atoms with van der Waals surface area (Å²) >= 11 is 0. The van der Waals surface area contributed by atoms with Crippen molar-refractivity contribution in [1.82, 2.24) is 9.13 Å². The van der Waals surface area contributed by atoms with Gasteiger partial charge in [0.2, 0.25) is 0 Å². The van der Waals surface area contributed by atoms with E-state index in [1.807, 2.05) is 70.1 Å². The van der Waals surface area contributed by atoms with Gasteiger partial charge < -0.3 is 9.13 Å². The van der Waals surface area contributed by atoms with Crippen molar-refractivity contribution in [2.24, 2.45) is 0 Å². The van der Waals surface area contributed by atoms with E-state index in [9.17, 15) is 17.6 Å². The van der Waals surface area contributed by atoms with E-state index in [-0.39, 0.29) is 24.2 Å². The van der Waals surface area contributed by atoms with E-state index in [0.29, 0.717) is 0 Å². The summed E-state index contributed by atoms with van der Waals surface area (Å²) in [5, 5.41) is 1.98. The Bertz CT molecular complexity index is 1620. The number of benzene rings is 4. The zero-order chi connectivity index (χ0) is 24.8. The quantitative estimate of drug-likeness (QED) is 0.220. The van der Waals surface area contributed by atoms with E-state index in [0.717, 1.165) is 57.2 Å². The minimum Gasteiger partial charge on any atom is -0.343 e. The van der Waals surface area contributed by atoms with Crippen LogP contribution in [0.2, 0.25) is 0 Å². The number of fused-ring (bicyclic) bond motifs is 2. The molecule has 0 amide bonds. The fourth-order valence-electron chi connectivity index (χ4n) is 4.70. The number of hydrogen-bond donors (Lipinski definition) is 0. The third kappa shape index (κ3) is 4.05. The zero-order valence-electron chi connectivity index (χ0n) is 19.1. The minimum atomic E-state index is -0.474. The maximum atomic E-state index is 14.2. The zero-order valence-corrected chi connectivity index (χ0v) is 19.1. The molecule has 0 spiro atoms. The molecule has 0 saturated carbocycles.